The number of hydrogen-bond donors (Lipinski definition) is 0. The van der Waals surface area contributed by atoms with Gasteiger partial charge in [-0.1, -0.05) is 11.6 Å². The summed E-state index contributed by atoms with van der Waals surface area (Å²) in [5.74, 6) is 0. The van der Waals surface area contributed by atoms with Gasteiger partial charge in [-0.15, -0.1) is 0 Å². The molecule has 2 heterocycles. The first-order valence-corrected chi connectivity index (χ1v) is 6.17. The molecule has 19 heavy (non-hydrogen) atoms. The van der Waals surface area contributed by atoms with E-state index in [-0.39, 0.29) is 16.3 Å². The van der Waals surface area contributed by atoms with Crippen molar-refractivity contribution in [2.24, 2.45) is 0 Å². The summed E-state index contributed by atoms with van der Waals surface area (Å²) in [4.78, 5) is 14.5. The van der Waals surface area contributed by atoms with Gasteiger partial charge in [-0.05, 0) is 27.7 Å². The highest BCUT2D eigenvalue weighted by Gasteiger charge is 2.54. The lowest BCUT2D eigenvalue weighted by Crippen LogP contribution is -2.41. The lowest BCUT2D eigenvalue weighted by molar-refractivity contribution is -0.384. The Morgan fingerprint density at radius 3 is 2.32 bits per heavy atom. The molecule has 6 nitrogen and oxygen atoms in total. The summed E-state index contributed by atoms with van der Waals surface area (Å²) in [7, 11) is -0.873. The minimum absolute atomic E-state index is 0.132. The highest BCUT2D eigenvalue weighted by atomic mass is 35.5. The number of rotatable bonds is 2. The van der Waals surface area contributed by atoms with E-state index in [1.54, 1.807) is 0 Å². The average Bonchev–Trinajstić information content (AvgIpc) is 2.47. The van der Waals surface area contributed by atoms with E-state index in [0.717, 1.165) is 0 Å². The average molecular weight is 285 g/mol. The standard InChI is InChI=1S/C11H14BClN2O4/c1-10(2)11(3,4)19-12(18-10)9-8(15(16)17)5-7(13)6-14-9/h5-6H,1-4H3. The van der Waals surface area contributed by atoms with Gasteiger partial charge in [0.15, 0.2) is 0 Å². The quantitative estimate of drug-likeness (QED) is 0.471. The van der Waals surface area contributed by atoms with E-state index >= 15 is 0 Å². The third kappa shape index (κ3) is 2.45. The molecule has 0 atom stereocenters. The molecule has 1 aromatic heterocycles. The summed E-state index contributed by atoms with van der Waals surface area (Å²) in [5, 5.41) is 11.3. The molecule has 0 aliphatic carbocycles. The molecule has 2 rings (SSSR count). The van der Waals surface area contributed by atoms with Gasteiger partial charge in [-0.2, -0.15) is 0 Å². The molecule has 0 unspecified atom stereocenters. The predicted molar refractivity (Wildman–Crippen MR) is 71.6 cm³/mol. The zero-order valence-corrected chi connectivity index (χ0v) is 11.9. The van der Waals surface area contributed by atoms with Crippen LogP contribution in [-0.2, 0) is 9.31 Å². The summed E-state index contributed by atoms with van der Waals surface area (Å²) < 4.78 is 11.5. The molecule has 1 aliphatic rings. The molecule has 102 valence electrons. The lowest BCUT2D eigenvalue weighted by Gasteiger charge is -2.32. The normalized spacial score (nSPS) is 20.6. The first-order chi connectivity index (χ1) is 8.64. The Morgan fingerprint density at radius 2 is 1.84 bits per heavy atom. The first kappa shape index (κ1) is 14.2. The molecule has 0 radical (unpaired) electrons. The van der Waals surface area contributed by atoms with Crippen molar-refractivity contribution in [2.75, 3.05) is 0 Å². The summed E-state index contributed by atoms with van der Waals surface area (Å²) in [6, 6.07) is 1.24. The summed E-state index contributed by atoms with van der Waals surface area (Å²) in [5.41, 5.74) is -1.22. The van der Waals surface area contributed by atoms with Crippen LogP contribution in [-0.4, -0.2) is 28.2 Å². The number of pyridine rings is 1. The lowest BCUT2D eigenvalue weighted by atomic mass is 9.83. The second-order valence-corrected chi connectivity index (χ2v) is 5.84. The van der Waals surface area contributed by atoms with E-state index in [4.69, 9.17) is 20.9 Å². The van der Waals surface area contributed by atoms with Crippen LogP contribution in [0.25, 0.3) is 0 Å². The number of halogens is 1. The molecular weight excluding hydrogens is 270 g/mol. The van der Waals surface area contributed by atoms with Crippen molar-refractivity contribution in [2.45, 2.75) is 38.9 Å². The molecule has 8 heteroatoms. The molecule has 1 saturated heterocycles. The Balaban J connectivity index is 2.42. The van der Waals surface area contributed by atoms with Crippen molar-refractivity contribution in [1.29, 1.82) is 0 Å². The molecule has 1 aliphatic heterocycles. The second-order valence-electron chi connectivity index (χ2n) is 5.40. The summed E-state index contributed by atoms with van der Waals surface area (Å²) >= 11 is 5.73. The van der Waals surface area contributed by atoms with Crippen LogP contribution in [0, 0.1) is 10.1 Å². The maximum Gasteiger partial charge on any atom is 0.521 e. The third-order valence-electron chi connectivity index (χ3n) is 3.54. The molecule has 0 spiro atoms. The Labute approximate surface area is 116 Å². The van der Waals surface area contributed by atoms with E-state index < -0.39 is 23.2 Å². The Hall–Kier alpha value is -1.18. The monoisotopic (exact) mass is 284 g/mol. The maximum absolute atomic E-state index is 11.0. The molecule has 0 saturated carbocycles. The van der Waals surface area contributed by atoms with Crippen molar-refractivity contribution in [3.05, 3.63) is 27.4 Å². The molecule has 1 aromatic rings. The fraction of sp³-hybridized carbons (Fsp3) is 0.545. The molecular formula is C11H14BClN2O4. The van der Waals surface area contributed by atoms with Gasteiger partial charge in [0.1, 0.15) is 5.59 Å². The highest BCUT2D eigenvalue weighted by molar-refractivity contribution is 6.62. The van der Waals surface area contributed by atoms with Crippen LogP contribution in [0.5, 0.6) is 0 Å². The maximum atomic E-state index is 11.0. The number of nitro groups is 1. The van der Waals surface area contributed by atoms with Crippen molar-refractivity contribution < 1.29 is 14.2 Å². The van der Waals surface area contributed by atoms with E-state index in [1.165, 1.54) is 12.3 Å². The Morgan fingerprint density at radius 1 is 1.32 bits per heavy atom. The summed E-state index contributed by atoms with van der Waals surface area (Å²) in [6.45, 7) is 7.48. The fourth-order valence-electron chi connectivity index (χ4n) is 1.72. The van der Waals surface area contributed by atoms with Crippen LogP contribution >= 0.6 is 11.6 Å². The van der Waals surface area contributed by atoms with Crippen molar-refractivity contribution in [3.8, 4) is 0 Å². The van der Waals surface area contributed by atoms with E-state index in [1.807, 2.05) is 27.7 Å². The van der Waals surface area contributed by atoms with Crippen molar-refractivity contribution in [1.82, 2.24) is 4.98 Å². The smallest absolute Gasteiger partial charge is 0.398 e. The van der Waals surface area contributed by atoms with Gasteiger partial charge in [0.2, 0.25) is 0 Å². The minimum Gasteiger partial charge on any atom is -0.398 e. The topological polar surface area (TPSA) is 74.5 Å². The van der Waals surface area contributed by atoms with Gasteiger partial charge in [0.05, 0.1) is 21.1 Å². The van der Waals surface area contributed by atoms with Gasteiger partial charge in [-0.25, -0.2) is 0 Å². The van der Waals surface area contributed by atoms with Crippen LogP contribution in [0.1, 0.15) is 27.7 Å². The van der Waals surface area contributed by atoms with E-state index in [0.29, 0.717) is 0 Å². The van der Waals surface area contributed by atoms with Crippen LogP contribution in [0.15, 0.2) is 12.3 Å². The molecule has 0 N–H and O–H groups in total. The highest BCUT2D eigenvalue weighted by Crippen LogP contribution is 2.37. The Bertz CT molecular complexity index is 519. The van der Waals surface area contributed by atoms with Gasteiger partial charge in [-0.3, -0.25) is 15.1 Å². The van der Waals surface area contributed by atoms with Crippen LogP contribution in [0.3, 0.4) is 0 Å². The fourth-order valence-corrected chi connectivity index (χ4v) is 1.87. The number of hydrogen-bond acceptors (Lipinski definition) is 5. The van der Waals surface area contributed by atoms with Crippen molar-refractivity contribution >= 4 is 30.0 Å². The van der Waals surface area contributed by atoms with E-state index in [9.17, 15) is 10.1 Å². The van der Waals surface area contributed by atoms with Gasteiger partial charge < -0.3 is 9.31 Å². The Kier molecular flexibility index (Phi) is 3.32. The minimum atomic E-state index is -0.873. The molecule has 0 aromatic carbocycles. The second kappa shape index (κ2) is 4.43. The number of aromatic nitrogens is 1. The van der Waals surface area contributed by atoms with Crippen molar-refractivity contribution in [3.63, 3.8) is 0 Å². The van der Waals surface area contributed by atoms with Gasteiger partial charge in [0.25, 0.3) is 5.69 Å². The predicted octanol–water partition coefficient (Wildman–Crippen LogP) is 1.94. The summed E-state index contributed by atoms with van der Waals surface area (Å²) in [6.07, 6.45) is 1.34. The zero-order chi connectivity index (χ0) is 14.4. The first-order valence-electron chi connectivity index (χ1n) is 5.79. The SMILES string of the molecule is CC1(C)OB(c2ncc(Cl)cc2[N+](=O)[O-])OC1(C)C. The van der Waals surface area contributed by atoms with Crippen LogP contribution in [0.2, 0.25) is 5.02 Å². The van der Waals surface area contributed by atoms with Crippen LogP contribution in [0.4, 0.5) is 5.69 Å². The van der Waals surface area contributed by atoms with Gasteiger partial charge >= 0.3 is 7.12 Å². The molecule has 0 bridgehead atoms. The van der Waals surface area contributed by atoms with E-state index in [2.05, 4.69) is 4.98 Å². The number of nitrogens with zero attached hydrogens (tertiary/aromatic N) is 2. The third-order valence-corrected chi connectivity index (χ3v) is 3.74. The molecule has 1 fully saturated rings. The molecule has 0 amide bonds. The zero-order valence-electron chi connectivity index (χ0n) is 11.1. The van der Waals surface area contributed by atoms with Gasteiger partial charge in [0, 0.05) is 12.3 Å². The van der Waals surface area contributed by atoms with Crippen LogP contribution < -0.4 is 5.59 Å². The largest absolute Gasteiger partial charge is 0.521 e.